The Bertz CT molecular complexity index is 564. The van der Waals surface area contributed by atoms with Crippen molar-refractivity contribution in [2.75, 3.05) is 0 Å². The van der Waals surface area contributed by atoms with Crippen LogP contribution in [0.25, 0.3) is 0 Å². The second-order valence-electron chi connectivity index (χ2n) is 4.29. The maximum atomic E-state index is 13.0. The SMILES string of the molecule is CC(Cc1cccc(F)c1)NCc1csc(=O)[nH]1. The van der Waals surface area contributed by atoms with Gasteiger partial charge in [0.2, 0.25) is 0 Å². The quantitative estimate of drug-likeness (QED) is 0.872. The lowest BCUT2D eigenvalue weighted by molar-refractivity contribution is 0.538. The fraction of sp³-hybridized carbons (Fsp3) is 0.308. The van der Waals surface area contributed by atoms with Gasteiger partial charge in [0.25, 0.3) is 0 Å². The highest BCUT2D eigenvalue weighted by molar-refractivity contribution is 7.07. The Hall–Kier alpha value is -1.46. The van der Waals surface area contributed by atoms with Crippen molar-refractivity contribution in [1.82, 2.24) is 10.3 Å². The first-order chi connectivity index (χ1) is 8.63. The van der Waals surface area contributed by atoms with Crippen LogP contribution in [0, 0.1) is 5.82 Å². The topological polar surface area (TPSA) is 44.9 Å². The molecule has 0 aliphatic heterocycles. The van der Waals surface area contributed by atoms with Gasteiger partial charge in [-0.3, -0.25) is 4.79 Å². The first kappa shape index (κ1) is 13.0. The van der Waals surface area contributed by atoms with E-state index >= 15 is 0 Å². The van der Waals surface area contributed by atoms with E-state index in [1.165, 1.54) is 6.07 Å². The summed E-state index contributed by atoms with van der Waals surface area (Å²) in [5, 5.41) is 5.10. The number of nitrogens with one attached hydrogen (secondary N) is 2. The standard InChI is InChI=1S/C13H15FN2OS/c1-9(5-10-3-2-4-11(14)6-10)15-7-12-8-18-13(17)16-12/h2-4,6,8-9,15H,5,7H2,1H3,(H,16,17). The van der Waals surface area contributed by atoms with Crippen molar-refractivity contribution in [3.8, 4) is 0 Å². The molecule has 3 nitrogen and oxygen atoms in total. The van der Waals surface area contributed by atoms with Crippen LogP contribution in [0.4, 0.5) is 4.39 Å². The van der Waals surface area contributed by atoms with Crippen LogP contribution in [0.3, 0.4) is 0 Å². The summed E-state index contributed by atoms with van der Waals surface area (Å²) in [6.45, 7) is 2.66. The van der Waals surface area contributed by atoms with Crippen LogP contribution in [0.15, 0.2) is 34.4 Å². The molecular weight excluding hydrogens is 251 g/mol. The normalized spacial score (nSPS) is 12.6. The number of thiazole rings is 1. The predicted molar refractivity (Wildman–Crippen MR) is 71.3 cm³/mol. The van der Waals surface area contributed by atoms with Crippen LogP contribution in [0.5, 0.6) is 0 Å². The summed E-state index contributed by atoms with van der Waals surface area (Å²) < 4.78 is 13.0. The molecule has 0 saturated heterocycles. The van der Waals surface area contributed by atoms with Crippen LogP contribution in [-0.2, 0) is 13.0 Å². The molecule has 0 radical (unpaired) electrons. The van der Waals surface area contributed by atoms with Crippen LogP contribution >= 0.6 is 11.3 Å². The van der Waals surface area contributed by atoms with E-state index in [2.05, 4.69) is 10.3 Å². The van der Waals surface area contributed by atoms with E-state index in [0.717, 1.165) is 29.0 Å². The maximum Gasteiger partial charge on any atom is 0.304 e. The van der Waals surface area contributed by atoms with E-state index < -0.39 is 0 Å². The molecule has 2 rings (SSSR count). The molecule has 1 aromatic carbocycles. The third-order valence-electron chi connectivity index (χ3n) is 2.64. The molecule has 1 heterocycles. The van der Waals surface area contributed by atoms with Gasteiger partial charge in [-0.05, 0) is 31.0 Å². The van der Waals surface area contributed by atoms with Crippen LogP contribution < -0.4 is 10.2 Å². The van der Waals surface area contributed by atoms with Crippen LogP contribution in [0.2, 0.25) is 0 Å². The Morgan fingerprint density at radius 1 is 1.50 bits per heavy atom. The molecule has 1 atom stereocenters. The number of rotatable bonds is 5. The molecule has 18 heavy (non-hydrogen) atoms. The first-order valence-electron chi connectivity index (χ1n) is 5.78. The Morgan fingerprint density at radius 3 is 3.00 bits per heavy atom. The zero-order valence-corrected chi connectivity index (χ0v) is 10.9. The van der Waals surface area contributed by atoms with Crippen molar-refractivity contribution >= 4 is 11.3 Å². The summed E-state index contributed by atoms with van der Waals surface area (Å²) in [4.78, 5) is 13.7. The molecule has 1 aromatic heterocycles. The zero-order chi connectivity index (χ0) is 13.0. The average Bonchev–Trinajstić information content (AvgIpc) is 2.73. The minimum absolute atomic E-state index is 0.0374. The van der Waals surface area contributed by atoms with E-state index in [1.54, 1.807) is 12.1 Å². The largest absolute Gasteiger partial charge is 0.315 e. The van der Waals surface area contributed by atoms with Gasteiger partial charge in [0.05, 0.1) is 0 Å². The molecule has 0 aliphatic rings. The Kier molecular flexibility index (Phi) is 4.28. The van der Waals surface area contributed by atoms with Gasteiger partial charge in [-0.1, -0.05) is 23.5 Å². The summed E-state index contributed by atoms with van der Waals surface area (Å²) in [6.07, 6.45) is 0.756. The van der Waals surface area contributed by atoms with Crippen molar-refractivity contribution in [2.45, 2.75) is 25.9 Å². The third kappa shape index (κ3) is 3.78. The number of aromatic nitrogens is 1. The third-order valence-corrected chi connectivity index (χ3v) is 3.36. The van der Waals surface area contributed by atoms with Gasteiger partial charge in [0.1, 0.15) is 5.82 Å². The van der Waals surface area contributed by atoms with Gasteiger partial charge < -0.3 is 10.3 Å². The van der Waals surface area contributed by atoms with Gasteiger partial charge in [0.15, 0.2) is 0 Å². The van der Waals surface area contributed by atoms with Crippen molar-refractivity contribution in [2.24, 2.45) is 0 Å². The highest BCUT2D eigenvalue weighted by Gasteiger charge is 2.05. The van der Waals surface area contributed by atoms with Gasteiger partial charge >= 0.3 is 4.87 Å². The van der Waals surface area contributed by atoms with Gasteiger partial charge in [0, 0.05) is 23.7 Å². The molecule has 0 spiro atoms. The summed E-state index contributed by atoms with van der Waals surface area (Å²) >= 11 is 1.16. The predicted octanol–water partition coefficient (Wildman–Crippen LogP) is 2.30. The lowest BCUT2D eigenvalue weighted by Gasteiger charge is -2.13. The second kappa shape index (κ2) is 5.93. The molecule has 0 saturated carbocycles. The van der Waals surface area contributed by atoms with Gasteiger partial charge in [-0.25, -0.2) is 4.39 Å². The van der Waals surface area contributed by atoms with E-state index in [1.807, 2.05) is 18.4 Å². The highest BCUT2D eigenvalue weighted by atomic mass is 32.1. The van der Waals surface area contributed by atoms with Gasteiger partial charge in [-0.2, -0.15) is 0 Å². The lowest BCUT2D eigenvalue weighted by Crippen LogP contribution is -2.27. The van der Waals surface area contributed by atoms with Crippen LogP contribution in [0.1, 0.15) is 18.2 Å². The molecule has 0 aliphatic carbocycles. The molecule has 0 bridgehead atoms. The number of hydrogen-bond acceptors (Lipinski definition) is 3. The second-order valence-corrected chi connectivity index (χ2v) is 5.13. The molecule has 5 heteroatoms. The average molecular weight is 266 g/mol. The Labute approximate surface area is 109 Å². The molecule has 0 amide bonds. The summed E-state index contributed by atoms with van der Waals surface area (Å²) in [5.41, 5.74) is 1.85. The fourth-order valence-electron chi connectivity index (χ4n) is 1.77. The number of halogens is 1. The molecule has 96 valence electrons. The van der Waals surface area contributed by atoms with Crippen molar-refractivity contribution in [3.05, 3.63) is 56.4 Å². The molecule has 2 N–H and O–H groups in total. The minimum Gasteiger partial charge on any atom is -0.315 e. The first-order valence-corrected chi connectivity index (χ1v) is 6.66. The van der Waals surface area contributed by atoms with E-state index in [4.69, 9.17) is 0 Å². The lowest BCUT2D eigenvalue weighted by atomic mass is 10.1. The minimum atomic E-state index is -0.207. The van der Waals surface area contributed by atoms with Crippen molar-refractivity contribution in [1.29, 1.82) is 0 Å². The summed E-state index contributed by atoms with van der Waals surface area (Å²) in [5.74, 6) is -0.207. The molecule has 1 unspecified atom stereocenters. The van der Waals surface area contributed by atoms with Gasteiger partial charge in [-0.15, -0.1) is 0 Å². The Morgan fingerprint density at radius 2 is 2.33 bits per heavy atom. The number of benzene rings is 1. The van der Waals surface area contributed by atoms with Crippen molar-refractivity contribution < 1.29 is 4.39 Å². The summed E-state index contributed by atoms with van der Waals surface area (Å²) in [6, 6.07) is 6.83. The zero-order valence-electron chi connectivity index (χ0n) is 10.1. The fourth-order valence-corrected chi connectivity index (χ4v) is 2.36. The monoisotopic (exact) mass is 266 g/mol. The van der Waals surface area contributed by atoms with E-state index in [9.17, 15) is 9.18 Å². The number of H-pyrrole nitrogens is 1. The number of aromatic amines is 1. The highest BCUT2D eigenvalue weighted by Crippen LogP contribution is 2.07. The smallest absolute Gasteiger partial charge is 0.304 e. The van der Waals surface area contributed by atoms with Crippen molar-refractivity contribution in [3.63, 3.8) is 0 Å². The molecular formula is C13H15FN2OS. The van der Waals surface area contributed by atoms with E-state index in [-0.39, 0.29) is 16.7 Å². The molecule has 2 aromatic rings. The number of hydrogen-bond donors (Lipinski definition) is 2. The Balaban J connectivity index is 1.85. The summed E-state index contributed by atoms with van der Waals surface area (Å²) in [7, 11) is 0. The van der Waals surface area contributed by atoms with Crippen LogP contribution in [-0.4, -0.2) is 11.0 Å². The van der Waals surface area contributed by atoms with E-state index in [0.29, 0.717) is 6.54 Å². The molecule has 0 fully saturated rings. The maximum absolute atomic E-state index is 13.0.